The monoisotopic (exact) mass is 331 g/mol. The SMILES string of the molecule is CC(=O)c1ccc(NC(=O)CCNC(=O)NC2CCCCC2)cc1. The molecule has 24 heavy (non-hydrogen) atoms. The second-order valence-corrected chi connectivity index (χ2v) is 6.17. The van der Waals surface area contributed by atoms with Crippen molar-refractivity contribution in [2.75, 3.05) is 11.9 Å². The molecule has 130 valence electrons. The normalized spacial score (nSPS) is 14.7. The van der Waals surface area contributed by atoms with Gasteiger partial charge in [-0.05, 0) is 44.0 Å². The zero-order chi connectivity index (χ0) is 17.4. The molecule has 3 N–H and O–H groups in total. The van der Waals surface area contributed by atoms with Gasteiger partial charge in [-0.1, -0.05) is 19.3 Å². The molecule has 6 heteroatoms. The third kappa shape index (κ3) is 6.02. The molecule has 0 unspecified atom stereocenters. The highest BCUT2D eigenvalue weighted by Gasteiger charge is 2.15. The first kappa shape index (κ1) is 18.0. The van der Waals surface area contributed by atoms with Crippen LogP contribution in [0.5, 0.6) is 0 Å². The molecule has 1 aromatic rings. The Morgan fingerprint density at radius 3 is 2.33 bits per heavy atom. The zero-order valence-electron chi connectivity index (χ0n) is 14.1. The summed E-state index contributed by atoms with van der Waals surface area (Å²) in [5.74, 6) is -0.190. The number of hydrogen-bond donors (Lipinski definition) is 3. The Hall–Kier alpha value is -2.37. The van der Waals surface area contributed by atoms with Gasteiger partial charge in [-0.25, -0.2) is 4.79 Å². The Bertz CT molecular complexity index is 578. The summed E-state index contributed by atoms with van der Waals surface area (Å²) in [5.41, 5.74) is 1.24. The minimum absolute atomic E-state index is 0.0129. The fourth-order valence-electron chi connectivity index (χ4n) is 2.78. The molecule has 0 atom stereocenters. The first-order valence-electron chi connectivity index (χ1n) is 8.50. The van der Waals surface area contributed by atoms with E-state index in [0.29, 0.717) is 11.3 Å². The Morgan fingerprint density at radius 2 is 1.71 bits per heavy atom. The minimum Gasteiger partial charge on any atom is -0.338 e. The third-order valence-corrected chi connectivity index (χ3v) is 4.15. The van der Waals surface area contributed by atoms with E-state index in [4.69, 9.17) is 0 Å². The van der Waals surface area contributed by atoms with Crippen LogP contribution in [-0.2, 0) is 4.79 Å². The van der Waals surface area contributed by atoms with Crippen molar-refractivity contribution < 1.29 is 14.4 Å². The van der Waals surface area contributed by atoms with Gasteiger partial charge in [-0.15, -0.1) is 0 Å². The van der Waals surface area contributed by atoms with Crippen LogP contribution < -0.4 is 16.0 Å². The lowest BCUT2D eigenvalue weighted by Crippen LogP contribution is -2.43. The molecule has 0 heterocycles. The van der Waals surface area contributed by atoms with Crippen LogP contribution in [0.2, 0.25) is 0 Å². The first-order chi connectivity index (χ1) is 11.5. The van der Waals surface area contributed by atoms with Crippen molar-refractivity contribution in [3.8, 4) is 0 Å². The molecule has 6 nitrogen and oxygen atoms in total. The van der Waals surface area contributed by atoms with Crippen molar-refractivity contribution in [3.63, 3.8) is 0 Å². The smallest absolute Gasteiger partial charge is 0.315 e. The molecule has 0 saturated heterocycles. The molecule has 3 amide bonds. The van der Waals surface area contributed by atoms with E-state index in [1.807, 2.05) is 0 Å². The van der Waals surface area contributed by atoms with Gasteiger partial charge in [-0.3, -0.25) is 9.59 Å². The van der Waals surface area contributed by atoms with Gasteiger partial charge in [-0.2, -0.15) is 0 Å². The van der Waals surface area contributed by atoms with E-state index < -0.39 is 0 Å². The van der Waals surface area contributed by atoms with Crippen LogP contribution in [-0.4, -0.2) is 30.3 Å². The number of carbonyl (C=O) groups is 3. The summed E-state index contributed by atoms with van der Waals surface area (Å²) in [5, 5.41) is 8.40. The Morgan fingerprint density at radius 1 is 1.04 bits per heavy atom. The topological polar surface area (TPSA) is 87.3 Å². The summed E-state index contributed by atoms with van der Waals surface area (Å²) in [6.45, 7) is 1.79. The fraction of sp³-hybridized carbons (Fsp3) is 0.500. The number of urea groups is 1. The van der Waals surface area contributed by atoms with Crippen LogP contribution in [0.3, 0.4) is 0 Å². The van der Waals surface area contributed by atoms with Gasteiger partial charge in [0, 0.05) is 30.3 Å². The van der Waals surface area contributed by atoms with Crippen molar-refractivity contribution >= 4 is 23.4 Å². The largest absolute Gasteiger partial charge is 0.338 e. The number of nitrogens with one attached hydrogen (secondary N) is 3. The van der Waals surface area contributed by atoms with Gasteiger partial charge in [0.2, 0.25) is 5.91 Å². The molecular formula is C18H25N3O3. The van der Waals surface area contributed by atoms with E-state index in [-0.39, 0.29) is 36.7 Å². The zero-order valence-corrected chi connectivity index (χ0v) is 14.1. The fourth-order valence-corrected chi connectivity index (χ4v) is 2.78. The van der Waals surface area contributed by atoms with Crippen molar-refractivity contribution in [2.24, 2.45) is 0 Å². The van der Waals surface area contributed by atoms with Gasteiger partial charge in [0.1, 0.15) is 0 Å². The van der Waals surface area contributed by atoms with E-state index in [1.165, 1.54) is 13.3 Å². The van der Waals surface area contributed by atoms with Gasteiger partial charge < -0.3 is 16.0 Å². The molecule has 0 bridgehead atoms. The van der Waals surface area contributed by atoms with Crippen molar-refractivity contribution in [2.45, 2.75) is 51.5 Å². The van der Waals surface area contributed by atoms with E-state index in [0.717, 1.165) is 25.7 Å². The number of anilines is 1. The second kappa shape index (κ2) is 9.05. The molecule has 1 aromatic carbocycles. The quantitative estimate of drug-likeness (QED) is 0.701. The number of benzene rings is 1. The van der Waals surface area contributed by atoms with Crippen molar-refractivity contribution in [3.05, 3.63) is 29.8 Å². The Labute approximate surface area is 142 Å². The number of amides is 3. The second-order valence-electron chi connectivity index (χ2n) is 6.17. The molecule has 0 spiro atoms. The highest BCUT2D eigenvalue weighted by Crippen LogP contribution is 2.17. The van der Waals surface area contributed by atoms with E-state index in [1.54, 1.807) is 24.3 Å². The van der Waals surface area contributed by atoms with Crippen LogP contribution in [0.1, 0.15) is 55.8 Å². The standard InChI is InChI=1S/C18H25N3O3/c1-13(22)14-7-9-16(10-8-14)20-17(23)11-12-19-18(24)21-15-5-3-2-4-6-15/h7-10,15H,2-6,11-12H2,1H3,(H,20,23)(H2,19,21,24). The minimum atomic E-state index is -0.208. The molecule has 0 radical (unpaired) electrons. The predicted octanol–water partition coefficient (Wildman–Crippen LogP) is 2.85. The van der Waals surface area contributed by atoms with Crippen LogP contribution in [0, 0.1) is 0 Å². The lowest BCUT2D eigenvalue weighted by molar-refractivity contribution is -0.116. The summed E-state index contributed by atoms with van der Waals surface area (Å²) < 4.78 is 0. The maximum Gasteiger partial charge on any atom is 0.315 e. The van der Waals surface area contributed by atoms with Crippen LogP contribution in [0.25, 0.3) is 0 Å². The molecule has 0 aromatic heterocycles. The highest BCUT2D eigenvalue weighted by molar-refractivity contribution is 5.95. The average molecular weight is 331 g/mol. The summed E-state index contributed by atoms with van der Waals surface area (Å²) in [7, 11) is 0. The number of hydrogen-bond acceptors (Lipinski definition) is 3. The van der Waals surface area contributed by atoms with E-state index >= 15 is 0 Å². The van der Waals surface area contributed by atoms with Gasteiger partial charge in [0.25, 0.3) is 0 Å². The number of ketones is 1. The van der Waals surface area contributed by atoms with E-state index in [2.05, 4.69) is 16.0 Å². The van der Waals surface area contributed by atoms with Crippen molar-refractivity contribution in [1.82, 2.24) is 10.6 Å². The number of carbonyl (C=O) groups excluding carboxylic acids is 3. The summed E-state index contributed by atoms with van der Waals surface area (Å²) in [4.78, 5) is 34.8. The lowest BCUT2D eigenvalue weighted by atomic mass is 9.96. The average Bonchev–Trinajstić information content (AvgIpc) is 2.56. The summed E-state index contributed by atoms with van der Waals surface area (Å²) in [6, 6.07) is 6.78. The van der Waals surface area contributed by atoms with Gasteiger partial charge >= 0.3 is 6.03 Å². The lowest BCUT2D eigenvalue weighted by Gasteiger charge is -2.22. The molecular weight excluding hydrogens is 306 g/mol. The first-order valence-corrected chi connectivity index (χ1v) is 8.50. The molecule has 0 aliphatic heterocycles. The summed E-state index contributed by atoms with van der Waals surface area (Å²) >= 11 is 0. The molecule has 1 aliphatic carbocycles. The van der Waals surface area contributed by atoms with Crippen LogP contribution in [0.15, 0.2) is 24.3 Å². The van der Waals surface area contributed by atoms with Gasteiger partial charge in [0.15, 0.2) is 5.78 Å². The van der Waals surface area contributed by atoms with Crippen LogP contribution >= 0.6 is 0 Å². The van der Waals surface area contributed by atoms with Crippen LogP contribution in [0.4, 0.5) is 10.5 Å². The maximum atomic E-state index is 11.9. The highest BCUT2D eigenvalue weighted by atomic mass is 16.2. The number of Topliss-reactive ketones (excluding diaryl/α,β-unsaturated/α-hetero) is 1. The third-order valence-electron chi connectivity index (χ3n) is 4.15. The Balaban J connectivity index is 1.65. The number of rotatable bonds is 6. The molecule has 1 fully saturated rings. The Kier molecular flexibility index (Phi) is 6.78. The maximum absolute atomic E-state index is 11.9. The van der Waals surface area contributed by atoms with Crippen molar-refractivity contribution in [1.29, 1.82) is 0 Å². The van der Waals surface area contributed by atoms with Gasteiger partial charge in [0.05, 0.1) is 0 Å². The molecule has 1 saturated carbocycles. The molecule has 1 aliphatic rings. The summed E-state index contributed by atoms with van der Waals surface area (Å²) in [6.07, 6.45) is 5.83. The predicted molar refractivity (Wildman–Crippen MR) is 93.1 cm³/mol. The van der Waals surface area contributed by atoms with E-state index in [9.17, 15) is 14.4 Å². The molecule has 2 rings (SSSR count).